The average Bonchev–Trinajstić information content (AvgIpc) is 3.18. The molecular weight excluding hydrogens is 368 g/mol. The van der Waals surface area contributed by atoms with Crippen LogP contribution in [0.25, 0.3) is 21.7 Å². The van der Waals surface area contributed by atoms with Gasteiger partial charge in [-0.1, -0.05) is 66.8 Å². The fourth-order valence-corrected chi connectivity index (χ4v) is 3.70. The molecule has 0 fully saturated rings. The quantitative estimate of drug-likeness (QED) is 0.265. The number of esters is 1. The van der Waals surface area contributed by atoms with Crippen LogP contribution in [0.15, 0.2) is 60.7 Å². The molecule has 2 aromatic carbocycles. The molecule has 28 heavy (non-hydrogen) atoms. The van der Waals surface area contributed by atoms with Crippen molar-refractivity contribution in [2.24, 2.45) is 0 Å². The van der Waals surface area contributed by atoms with Gasteiger partial charge >= 0.3 is 5.97 Å². The van der Waals surface area contributed by atoms with Crippen LogP contribution in [-0.2, 0) is 11.2 Å². The third-order valence-electron chi connectivity index (χ3n) is 4.23. The van der Waals surface area contributed by atoms with Crippen molar-refractivity contribution in [1.82, 2.24) is 10.2 Å². The maximum absolute atomic E-state index is 11.8. The average molecular weight is 393 g/mol. The Morgan fingerprint density at radius 3 is 2.29 bits per heavy atom. The molecule has 0 bridgehead atoms. The van der Waals surface area contributed by atoms with Crippen molar-refractivity contribution in [3.63, 3.8) is 0 Å². The highest BCUT2D eigenvalue weighted by Gasteiger charge is 2.08. The molecule has 0 atom stereocenters. The lowest BCUT2D eigenvalue weighted by Gasteiger charge is -2.06. The van der Waals surface area contributed by atoms with Crippen LogP contribution in [-0.4, -0.2) is 16.2 Å². The highest BCUT2D eigenvalue weighted by Crippen LogP contribution is 2.28. The summed E-state index contributed by atoms with van der Waals surface area (Å²) in [6.45, 7) is 4.08. The molecule has 0 radical (unpaired) electrons. The van der Waals surface area contributed by atoms with Crippen molar-refractivity contribution in [3.05, 3.63) is 65.7 Å². The van der Waals surface area contributed by atoms with Crippen molar-refractivity contribution < 1.29 is 9.53 Å². The van der Waals surface area contributed by atoms with E-state index in [-0.39, 0.29) is 5.97 Å². The van der Waals surface area contributed by atoms with Crippen molar-refractivity contribution in [2.75, 3.05) is 0 Å². The maximum Gasteiger partial charge on any atom is 0.311 e. The summed E-state index contributed by atoms with van der Waals surface area (Å²) in [7, 11) is 0. The summed E-state index contributed by atoms with van der Waals surface area (Å²) in [5.74, 6) is 0.359. The molecule has 0 aliphatic rings. The van der Waals surface area contributed by atoms with Gasteiger partial charge in [0.25, 0.3) is 0 Å². The highest BCUT2D eigenvalue weighted by molar-refractivity contribution is 7.14. The van der Waals surface area contributed by atoms with Crippen LogP contribution in [0.1, 0.15) is 38.1 Å². The van der Waals surface area contributed by atoms with Gasteiger partial charge in [-0.25, -0.2) is 0 Å². The molecule has 144 valence electrons. The Kier molecular flexibility index (Phi) is 7.09. The number of aromatic nitrogens is 2. The molecule has 0 saturated carbocycles. The van der Waals surface area contributed by atoms with Gasteiger partial charge in [0.1, 0.15) is 15.8 Å². The second-order valence-electron chi connectivity index (χ2n) is 6.43. The van der Waals surface area contributed by atoms with Gasteiger partial charge < -0.3 is 4.74 Å². The number of rotatable bonds is 8. The first-order valence-corrected chi connectivity index (χ1v) is 10.4. The monoisotopic (exact) mass is 392 g/mol. The zero-order valence-corrected chi connectivity index (χ0v) is 17.0. The van der Waals surface area contributed by atoms with E-state index >= 15 is 0 Å². The third-order valence-corrected chi connectivity index (χ3v) is 5.26. The van der Waals surface area contributed by atoms with Crippen LogP contribution >= 0.6 is 11.3 Å². The number of nitrogens with zero attached hydrogens (tertiary/aromatic N) is 2. The lowest BCUT2D eigenvalue weighted by molar-refractivity contribution is -0.134. The fraction of sp³-hybridized carbons (Fsp3) is 0.261. The Morgan fingerprint density at radius 1 is 1.00 bits per heavy atom. The summed E-state index contributed by atoms with van der Waals surface area (Å²) in [5.41, 5.74) is 3.26. The van der Waals surface area contributed by atoms with Gasteiger partial charge in [-0.15, -0.1) is 10.2 Å². The van der Waals surface area contributed by atoms with Gasteiger partial charge in [-0.2, -0.15) is 0 Å². The number of hydrogen-bond donors (Lipinski definition) is 0. The van der Waals surface area contributed by atoms with Gasteiger partial charge in [0.05, 0.1) is 0 Å². The Bertz CT molecular complexity index is 928. The van der Waals surface area contributed by atoms with Crippen LogP contribution < -0.4 is 4.74 Å². The molecule has 3 rings (SSSR count). The molecule has 0 aliphatic heterocycles. The predicted octanol–water partition coefficient (Wildman–Crippen LogP) is 6.09. The van der Waals surface area contributed by atoms with Gasteiger partial charge in [0.2, 0.25) is 0 Å². The van der Waals surface area contributed by atoms with Crippen molar-refractivity contribution >= 4 is 17.3 Å². The number of carbonyl (C=O) groups excluding carboxylic acids is 1. The molecule has 4 nitrogen and oxygen atoms in total. The maximum atomic E-state index is 11.8. The molecular formula is C23H24N2O2S. The van der Waals surface area contributed by atoms with E-state index in [9.17, 15) is 4.79 Å². The number of allylic oxidation sites excluding steroid dienone is 2. The summed E-state index contributed by atoms with van der Waals surface area (Å²) < 4.78 is 5.36. The van der Waals surface area contributed by atoms with Gasteiger partial charge in [-0.3, -0.25) is 4.79 Å². The zero-order chi connectivity index (χ0) is 19.8. The van der Waals surface area contributed by atoms with E-state index in [4.69, 9.17) is 4.74 Å². The summed E-state index contributed by atoms with van der Waals surface area (Å²) in [6.07, 6.45) is 7.03. The third kappa shape index (κ3) is 5.36. The second-order valence-corrected chi connectivity index (χ2v) is 7.50. The van der Waals surface area contributed by atoms with Crippen LogP contribution in [0.4, 0.5) is 0 Å². The van der Waals surface area contributed by atoms with Gasteiger partial charge in [0.15, 0.2) is 0 Å². The van der Waals surface area contributed by atoms with E-state index in [1.54, 1.807) is 11.3 Å². The first-order valence-electron chi connectivity index (χ1n) is 9.54. The second kappa shape index (κ2) is 9.95. The van der Waals surface area contributed by atoms with E-state index in [2.05, 4.69) is 41.4 Å². The predicted molar refractivity (Wildman–Crippen MR) is 114 cm³/mol. The molecule has 0 spiro atoms. The zero-order valence-electron chi connectivity index (χ0n) is 16.2. The van der Waals surface area contributed by atoms with Crippen LogP contribution in [0.3, 0.4) is 0 Å². The summed E-state index contributed by atoms with van der Waals surface area (Å²) >= 11 is 1.65. The van der Waals surface area contributed by atoms with Crippen LogP contribution in [0.2, 0.25) is 0 Å². The Morgan fingerprint density at radius 2 is 1.64 bits per heavy atom. The Balaban J connectivity index is 1.64. The van der Waals surface area contributed by atoms with Gasteiger partial charge in [-0.05, 0) is 43.0 Å². The SMILES string of the molecule is CC=CCCC(=O)Oc1ccc(-c2ccc(-c3nnc(CCC)s3)cc2)cc1. The smallest absolute Gasteiger partial charge is 0.311 e. The van der Waals surface area contributed by atoms with Crippen LogP contribution in [0.5, 0.6) is 5.75 Å². The number of benzene rings is 2. The molecule has 5 heteroatoms. The van der Waals surface area contributed by atoms with Gasteiger partial charge in [0, 0.05) is 18.4 Å². The van der Waals surface area contributed by atoms with E-state index < -0.39 is 0 Å². The number of hydrogen-bond acceptors (Lipinski definition) is 5. The minimum atomic E-state index is -0.213. The van der Waals surface area contributed by atoms with Crippen molar-refractivity contribution in [2.45, 2.75) is 39.5 Å². The molecule has 1 heterocycles. The molecule has 0 amide bonds. The van der Waals surface area contributed by atoms with Crippen molar-refractivity contribution in [1.29, 1.82) is 0 Å². The largest absolute Gasteiger partial charge is 0.427 e. The Hall–Kier alpha value is -2.79. The Labute approximate surface area is 169 Å². The topological polar surface area (TPSA) is 52.1 Å². The molecule has 1 aromatic heterocycles. The van der Waals surface area contributed by atoms with E-state index in [1.165, 1.54) is 0 Å². The summed E-state index contributed by atoms with van der Waals surface area (Å²) in [6, 6.07) is 15.9. The molecule has 0 unspecified atom stereocenters. The molecule has 0 saturated heterocycles. The number of aryl methyl sites for hydroxylation is 1. The number of ether oxygens (including phenoxy) is 1. The number of carbonyl (C=O) groups is 1. The summed E-state index contributed by atoms with van der Waals surface area (Å²) in [4.78, 5) is 11.8. The highest BCUT2D eigenvalue weighted by atomic mass is 32.1. The van der Waals surface area contributed by atoms with Crippen LogP contribution in [0, 0.1) is 0 Å². The first kappa shape index (κ1) is 20.0. The first-order chi connectivity index (χ1) is 13.7. The van der Waals surface area contributed by atoms with E-state index in [1.807, 2.05) is 43.3 Å². The van der Waals surface area contributed by atoms with Crippen molar-refractivity contribution in [3.8, 4) is 27.4 Å². The lowest BCUT2D eigenvalue weighted by Crippen LogP contribution is -2.06. The fourth-order valence-electron chi connectivity index (χ4n) is 2.76. The molecule has 0 N–H and O–H groups in total. The summed E-state index contributed by atoms with van der Waals surface area (Å²) in [5, 5.41) is 10.6. The molecule has 3 aromatic rings. The minimum Gasteiger partial charge on any atom is -0.427 e. The molecule has 0 aliphatic carbocycles. The normalized spacial score (nSPS) is 11.1. The lowest BCUT2D eigenvalue weighted by atomic mass is 10.0. The van der Waals surface area contributed by atoms with E-state index in [0.29, 0.717) is 18.6 Å². The van der Waals surface area contributed by atoms with E-state index in [0.717, 1.165) is 39.5 Å². The standard InChI is InChI=1S/C23H24N2O2S/c1-3-5-6-8-22(26)27-20-15-13-18(14-16-20)17-9-11-19(12-10-17)23-25-24-21(28-23)7-4-2/h3,5,9-16H,4,6-8H2,1-2H3. The minimum absolute atomic E-state index is 0.213.